The molecule has 1 saturated heterocycles. The summed E-state index contributed by atoms with van der Waals surface area (Å²) in [7, 11) is -3.84. The van der Waals surface area contributed by atoms with Gasteiger partial charge in [0.15, 0.2) is 0 Å². The van der Waals surface area contributed by atoms with Crippen molar-refractivity contribution in [2.45, 2.75) is 9.79 Å². The lowest BCUT2D eigenvalue weighted by Crippen LogP contribution is -2.49. The van der Waals surface area contributed by atoms with E-state index in [0.717, 1.165) is 20.6 Å². The van der Waals surface area contributed by atoms with Gasteiger partial charge in [0, 0.05) is 35.8 Å². The van der Waals surface area contributed by atoms with Crippen molar-refractivity contribution < 1.29 is 18.0 Å². The predicted octanol–water partition coefficient (Wildman–Crippen LogP) is 1.56. The molecule has 2 aliphatic rings. The lowest BCUT2D eigenvalue weighted by molar-refractivity contribution is -0.122. The summed E-state index contributed by atoms with van der Waals surface area (Å²) in [5.74, 6) is 0.217. The molecule has 2 aliphatic heterocycles. The van der Waals surface area contributed by atoms with Gasteiger partial charge >= 0.3 is 0 Å². The number of carbonyl (C=O) groups excluding carboxylic acids is 2. The third kappa shape index (κ3) is 3.52. The van der Waals surface area contributed by atoms with E-state index in [4.69, 9.17) is 0 Å². The fourth-order valence-electron chi connectivity index (χ4n) is 3.30. The molecule has 0 aliphatic carbocycles. The van der Waals surface area contributed by atoms with E-state index in [1.807, 2.05) is 24.3 Å². The molecule has 4 rings (SSSR count). The van der Waals surface area contributed by atoms with Crippen LogP contribution in [0, 0.1) is 0 Å². The molecule has 0 unspecified atom stereocenters. The summed E-state index contributed by atoms with van der Waals surface area (Å²) in [4.78, 5) is 27.4. The van der Waals surface area contributed by atoms with Gasteiger partial charge in [-0.25, -0.2) is 8.42 Å². The number of amides is 2. The van der Waals surface area contributed by atoms with Crippen LogP contribution in [0.2, 0.25) is 0 Å². The van der Waals surface area contributed by atoms with Crippen LogP contribution >= 0.6 is 11.8 Å². The number of piperazine rings is 1. The van der Waals surface area contributed by atoms with Crippen molar-refractivity contribution >= 4 is 39.3 Å². The Kier molecular flexibility index (Phi) is 5.13. The van der Waals surface area contributed by atoms with Gasteiger partial charge in [0.05, 0.1) is 17.1 Å². The molecule has 2 amide bonds. The molecule has 0 saturated carbocycles. The second-order valence-electron chi connectivity index (χ2n) is 6.49. The van der Waals surface area contributed by atoms with Crippen molar-refractivity contribution in [2.75, 3.05) is 36.8 Å². The van der Waals surface area contributed by atoms with Gasteiger partial charge in [-0.2, -0.15) is 4.31 Å². The largest absolute Gasteiger partial charge is 0.354 e. The first kappa shape index (κ1) is 19.0. The van der Waals surface area contributed by atoms with Crippen molar-refractivity contribution in [3.8, 4) is 0 Å². The van der Waals surface area contributed by atoms with Crippen molar-refractivity contribution in [1.29, 1.82) is 0 Å². The molecule has 2 aromatic carbocycles. The Labute approximate surface area is 167 Å². The molecule has 7 nitrogen and oxygen atoms in total. The van der Waals surface area contributed by atoms with Crippen LogP contribution in [0.15, 0.2) is 58.3 Å². The Morgan fingerprint density at radius 2 is 1.89 bits per heavy atom. The van der Waals surface area contributed by atoms with Crippen molar-refractivity contribution in [3.63, 3.8) is 0 Å². The summed E-state index contributed by atoms with van der Waals surface area (Å²) in [5.41, 5.74) is 1.15. The molecular weight excluding hydrogens is 398 g/mol. The Hall–Kier alpha value is -2.36. The SMILES string of the molecule is O=C1CN(S(=O)(=O)c2cccc(C(=O)N3CCSc4ccccc43)c2)CCN1. The van der Waals surface area contributed by atoms with Gasteiger partial charge in [0.1, 0.15) is 0 Å². The van der Waals surface area contributed by atoms with Crippen molar-refractivity contribution in [3.05, 3.63) is 54.1 Å². The molecule has 1 N–H and O–H groups in total. The maximum atomic E-state index is 13.1. The molecule has 0 spiro atoms. The first-order valence-corrected chi connectivity index (χ1v) is 11.3. The van der Waals surface area contributed by atoms with Crippen molar-refractivity contribution in [1.82, 2.24) is 9.62 Å². The number of hydrogen-bond acceptors (Lipinski definition) is 5. The van der Waals surface area contributed by atoms with Crippen LogP contribution in [0.25, 0.3) is 0 Å². The number of benzene rings is 2. The molecule has 2 aromatic rings. The van der Waals surface area contributed by atoms with E-state index in [1.54, 1.807) is 28.8 Å². The average molecular weight is 418 g/mol. The zero-order chi connectivity index (χ0) is 19.7. The molecule has 0 radical (unpaired) electrons. The van der Waals surface area contributed by atoms with E-state index in [0.29, 0.717) is 12.1 Å². The first-order valence-electron chi connectivity index (χ1n) is 8.87. The highest BCUT2D eigenvalue weighted by Gasteiger charge is 2.30. The highest BCUT2D eigenvalue weighted by molar-refractivity contribution is 7.99. The molecule has 9 heteroatoms. The minimum absolute atomic E-state index is 0.0210. The molecular formula is C19H19N3O4S2. The lowest BCUT2D eigenvalue weighted by atomic mass is 10.1. The molecule has 0 bridgehead atoms. The predicted molar refractivity (Wildman–Crippen MR) is 107 cm³/mol. The maximum absolute atomic E-state index is 13.1. The molecule has 0 atom stereocenters. The van der Waals surface area contributed by atoms with Crippen molar-refractivity contribution in [2.24, 2.45) is 0 Å². The van der Waals surface area contributed by atoms with Gasteiger partial charge in [-0.1, -0.05) is 18.2 Å². The van der Waals surface area contributed by atoms with Gasteiger partial charge in [-0.05, 0) is 30.3 Å². The number of rotatable bonds is 3. The number of fused-ring (bicyclic) bond motifs is 1. The Morgan fingerprint density at radius 3 is 2.71 bits per heavy atom. The average Bonchev–Trinajstić information content (AvgIpc) is 2.73. The second kappa shape index (κ2) is 7.57. The molecule has 146 valence electrons. The zero-order valence-corrected chi connectivity index (χ0v) is 16.6. The van der Waals surface area contributed by atoms with Gasteiger partial charge in [-0.3, -0.25) is 9.59 Å². The molecule has 2 heterocycles. The van der Waals surface area contributed by atoms with E-state index in [-0.39, 0.29) is 36.3 Å². The summed E-state index contributed by atoms with van der Waals surface area (Å²) in [6, 6.07) is 13.7. The van der Waals surface area contributed by atoms with Crippen LogP contribution in [0.1, 0.15) is 10.4 Å². The Morgan fingerprint density at radius 1 is 1.07 bits per heavy atom. The van der Waals surface area contributed by atoms with E-state index in [2.05, 4.69) is 5.32 Å². The van der Waals surface area contributed by atoms with Crippen LogP contribution in [0.5, 0.6) is 0 Å². The number of hydrogen-bond donors (Lipinski definition) is 1. The zero-order valence-electron chi connectivity index (χ0n) is 15.0. The first-order chi connectivity index (χ1) is 13.5. The number of para-hydroxylation sites is 1. The highest BCUT2D eigenvalue weighted by atomic mass is 32.2. The van der Waals surface area contributed by atoms with Crippen LogP contribution in [0.3, 0.4) is 0 Å². The normalized spacial score (nSPS) is 17.7. The monoisotopic (exact) mass is 417 g/mol. The highest BCUT2D eigenvalue weighted by Crippen LogP contribution is 2.35. The van der Waals surface area contributed by atoms with Gasteiger partial charge in [0.25, 0.3) is 5.91 Å². The quantitative estimate of drug-likeness (QED) is 0.819. The van der Waals surface area contributed by atoms with E-state index < -0.39 is 10.0 Å². The van der Waals surface area contributed by atoms with Crippen LogP contribution < -0.4 is 10.2 Å². The standard InChI is InChI=1S/C19H19N3O4S2/c23-18-13-21(9-8-20-18)28(25,26)15-5-3-4-14(12-15)19(24)22-10-11-27-17-7-2-1-6-16(17)22/h1-7,12H,8-11,13H2,(H,20,23). The molecule has 1 fully saturated rings. The number of sulfonamides is 1. The van der Waals surface area contributed by atoms with Crippen LogP contribution in [0.4, 0.5) is 5.69 Å². The smallest absolute Gasteiger partial charge is 0.258 e. The summed E-state index contributed by atoms with van der Waals surface area (Å²) in [6.45, 7) is 0.836. The Balaban J connectivity index is 1.64. The Bertz CT molecular complexity index is 1040. The third-order valence-corrected chi connectivity index (χ3v) is 7.58. The number of anilines is 1. The van der Waals surface area contributed by atoms with E-state index in [1.165, 1.54) is 12.1 Å². The van der Waals surface area contributed by atoms with Gasteiger partial charge in [-0.15, -0.1) is 11.8 Å². The van der Waals surface area contributed by atoms with E-state index >= 15 is 0 Å². The number of carbonyl (C=O) groups is 2. The van der Waals surface area contributed by atoms with Gasteiger partial charge < -0.3 is 10.2 Å². The topological polar surface area (TPSA) is 86.8 Å². The number of thioether (sulfide) groups is 1. The minimum atomic E-state index is -3.84. The lowest BCUT2D eigenvalue weighted by Gasteiger charge is -2.29. The summed E-state index contributed by atoms with van der Waals surface area (Å²) in [6.07, 6.45) is 0. The third-order valence-electron chi connectivity index (χ3n) is 4.70. The number of nitrogens with zero attached hydrogens (tertiary/aromatic N) is 2. The fourth-order valence-corrected chi connectivity index (χ4v) is 5.73. The van der Waals surface area contributed by atoms with Crippen LogP contribution in [-0.4, -0.2) is 56.5 Å². The molecule has 0 aromatic heterocycles. The number of nitrogens with one attached hydrogen (secondary N) is 1. The minimum Gasteiger partial charge on any atom is -0.354 e. The fraction of sp³-hybridized carbons (Fsp3) is 0.263. The van der Waals surface area contributed by atoms with Crippen LogP contribution in [-0.2, 0) is 14.8 Å². The summed E-state index contributed by atoms with van der Waals surface area (Å²) in [5, 5.41) is 2.61. The van der Waals surface area contributed by atoms with E-state index in [9.17, 15) is 18.0 Å². The van der Waals surface area contributed by atoms with Gasteiger partial charge in [0.2, 0.25) is 15.9 Å². The maximum Gasteiger partial charge on any atom is 0.258 e. The molecule has 28 heavy (non-hydrogen) atoms. The second-order valence-corrected chi connectivity index (χ2v) is 9.56. The summed E-state index contributed by atoms with van der Waals surface area (Å²) >= 11 is 1.70. The summed E-state index contributed by atoms with van der Waals surface area (Å²) < 4.78 is 26.9.